The Morgan fingerprint density at radius 1 is 1.31 bits per heavy atom. The van der Waals surface area contributed by atoms with E-state index >= 15 is 0 Å². The maximum Gasteiger partial charge on any atom is 0.304 e. The van der Waals surface area contributed by atoms with E-state index in [-0.39, 0.29) is 6.42 Å². The molecule has 1 fully saturated rings. The van der Waals surface area contributed by atoms with E-state index in [0.29, 0.717) is 6.54 Å². The molecule has 1 heterocycles. The second kappa shape index (κ2) is 5.94. The van der Waals surface area contributed by atoms with Gasteiger partial charge in [0.2, 0.25) is 0 Å². The Hall–Kier alpha value is -0.610. The van der Waals surface area contributed by atoms with Crippen molar-refractivity contribution in [3.05, 3.63) is 0 Å². The Bertz CT molecular complexity index is 156. The molecular formula is C9H18N2O2. The summed E-state index contributed by atoms with van der Waals surface area (Å²) in [7, 11) is 0. The molecule has 0 atom stereocenters. The summed E-state index contributed by atoms with van der Waals surface area (Å²) in [5, 5.41) is 11.5. The standard InChI is InChI=1S/C9H18N2O2/c12-9(13)3-4-10-5-8-11-6-1-2-7-11/h10H,1-8H2,(H,12,13). The number of aliphatic carboxylic acids is 1. The highest BCUT2D eigenvalue weighted by atomic mass is 16.4. The molecule has 0 amide bonds. The molecule has 0 saturated carbocycles. The van der Waals surface area contributed by atoms with Crippen molar-refractivity contribution in [3.63, 3.8) is 0 Å². The molecule has 0 aromatic rings. The Labute approximate surface area is 78.9 Å². The van der Waals surface area contributed by atoms with Crippen LogP contribution in [0.25, 0.3) is 0 Å². The van der Waals surface area contributed by atoms with Gasteiger partial charge in [0, 0.05) is 19.6 Å². The third kappa shape index (κ3) is 4.85. The van der Waals surface area contributed by atoms with Gasteiger partial charge in [-0.25, -0.2) is 0 Å². The van der Waals surface area contributed by atoms with Gasteiger partial charge in [0.25, 0.3) is 0 Å². The van der Waals surface area contributed by atoms with Crippen LogP contribution in [0.5, 0.6) is 0 Å². The van der Waals surface area contributed by atoms with Gasteiger partial charge in [-0.2, -0.15) is 0 Å². The van der Waals surface area contributed by atoms with Crippen LogP contribution in [0.2, 0.25) is 0 Å². The van der Waals surface area contributed by atoms with E-state index in [1.54, 1.807) is 0 Å². The first-order chi connectivity index (χ1) is 6.29. The average molecular weight is 186 g/mol. The van der Waals surface area contributed by atoms with Crippen LogP contribution in [0.4, 0.5) is 0 Å². The number of likely N-dealkylation sites (tertiary alicyclic amines) is 1. The van der Waals surface area contributed by atoms with Gasteiger partial charge in [0.15, 0.2) is 0 Å². The Morgan fingerprint density at radius 3 is 2.62 bits per heavy atom. The summed E-state index contributed by atoms with van der Waals surface area (Å²) in [5.74, 6) is -0.728. The zero-order chi connectivity index (χ0) is 9.52. The first kappa shape index (κ1) is 10.5. The molecule has 4 nitrogen and oxygen atoms in total. The van der Waals surface area contributed by atoms with Crippen molar-refractivity contribution in [1.82, 2.24) is 10.2 Å². The lowest BCUT2D eigenvalue weighted by Gasteiger charge is -2.14. The maximum atomic E-state index is 10.2. The molecule has 4 heteroatoms. The summed E-state index contributed by atoms with van der Waals surface area (Å²) in [5.41, 5.74) is 0. The van der Waals surface area contributed by atoms with Crippen molar-refractivity contribution in [2.24, 2.45) is 0 Å². The number of carboxylic acids is 1. The predicted octanol–water partition coefficient (Wildman–Crippen LogP) is 0.146. The number of carboxylic acid groups (broad SMARTS) is 1. The van der Waals surface area contributed by atoms with Crippen LogP contribution in [0.1, 0.15) is 19.3 Å². The van der Waals surface area contributed by atoms with Crippen LogP contribution >= 0.6 is 0 Å². The van der Waals surface area contributed by atoms with Gasteiger partial charge in [-0.15, -0.1) is 0 Å². The second-order valence-corrected chi connectivity index (χ2v) is 3.44. The van der Waals surface area contributed by atoms with Crippen molar-refractivity contribution in [2.45, 2.75) is 19.3 Å². The molecule has 0 spiro atoms. The molecule has 76 valence electrons. The van der Waals surface area contributed by atoms with E-state index in [2.05, 4.69) is 10.2 Å². The van der Waals surface area contributed by atoms with Crippen LogP contribution in [-0.2, 0) is 4.79 Å². The van der Waals surface area contributed by atoms with Gasteiger partial charge in [0.05, 0.1) is 6.42 Å². The highest BCUT2D eigenvalue weighted by molar-refractivity contribution is 5.66. The Kier molecular flexibility index (Phi) is 4.78. The zero-order valence-electron chi connectivity index (χ0n) is 7.96. The van der Waals surface area contributed by atoms with Crippen molar-refractivity contribution >= 4 is 5.97 Å². The molecule has 0 aromatic heterocycles. The van der Waals surface area contributed by atoms with E-state index in [4.69, 9.17) is 5.11 Å². The molecule has 0 aliphatic carbocycles. The van der Waals surface area contributed by atoms with E-state index in [1.807, 2.05) is 0 Å². The molecule has 1 rings (SSSR count). The van der Waals surface area contributed by atoms with Crippen molar-refractivity contribution in [2.75, 3.05) is 32.7 Å². The smallest absolute Gasteiger partial charge is 0.304 e. The lowest BCUT2D eigenvalue weighted by molar-refractivity contribution is -0.136. The van der Waals surface area contributed by atoms with Crippen LogP contribution in [0.15, 0.2) is 0 Å². The molecule has 0 bridgehead atoms. The fraction of sp³-hybridized carbons (Fsp3) is 0.889. The molecule has 0 unspecified atom stereocenters. The highest BCUT2D eigenvalue weighted by Crippen LogP contribution is 2.05. The number of hydrogen-bond donors (Lipinski definition) is 2. The fourth-order valence-electron chi connectivity index (χ4n) is 1.56. The molecule has 1 saturated heterocycles. The molecule has 2 N–H and O–H groups in total. The maximum absolute atomic E-state index is 10.2. The summed E-state index contributed by atoms with van der Waals surface area (Å²) in [6.07, 6.45) is 2.85. The lowest BCUT2D eigenvalue weighted by atomic mass is 10.4. The number of nitrogens with zero attached hydrogens (tertiary/aromatic N) is 1. The van der Waals surface area contributed by atoms with Gasteiger partial charge in [-0.3, -0.25) is 4.79 Å². The number of rotatable bonds is 6. The van der Waals surface area contributed by atoms with Crippen LogP contribution in [0, 0.1) is 0 Å². The zero-order valence-corrected chi connectivity index (χ0v) is 7.96. The minimum atomic E-state index is -0.728. The first-order valence-electron chi connectivity index (χ1n) is 4.94. The molecular weight excluding hydrogens is 168 g/mol. The van der Waals surface area contributed by atoms with E-state index in [0.717, 1.165) is 13.1 Å². The largest absolute Gasteiger partial charge is 0.481 e. The fourth-order valence-corrected chi connectivity index (χ4v) is 1.56. The minimum absolute atomic E-state index is 0.222. The summed E-state index contributed by atoms with van der Waals surface area (Å²) in [6, 6.07) is 0. The molecule has 0 radical (unpaired) electrons. The SMILES string of the molecule is O=C(O)CCNCCN1CCCC1. The van der Waals surface area contributed by atoms with Crippen molar-refractivity contribution in [1.29, 1.82) is 0 Å². The van der Waals surface area contributed by atoms with Gasteiger partial charge < -0.3 is 15.3 Å². The lowest BCUT2D eigenvalue weighted by Crippen LogP contribution is -2.30. The van der Waals surface area contributed by atoms with Crippen LogP contribution < -0.4 is 5.32 Å². The van der Waals surface area contributed by atoms with Gasteiger partial charge in [-0.1, -0.05) is 0 Å². The third-order valence-electron chi connectivity index (χ3n) is 2.32. The average Bonchev–Trinajstić information content (AvgIpc) is 2.55. The van der Waals surface area contributed by atoms with Crippen molar-refractivity contribution in [3.8, 4) is 0 Å². The second-order valence-electron chi connectivity index (χ2n) is 3.44. The van der Waals surface area contributed by atoms with E-state index < -0.39 is 5.97 Å². The number of nitrogens with one attached hydrogen (secondary N) is 1. The monoisotopic (exact) mass is 186 g/mol. The minimum Gasteiger partial charge on any atom is -0.481 e. The van der Waals surface area contributed by atoms with Gasteiger partial charge >= 0.3 is 5.97 Å². The Morgan fingerprint density at radius 2 is 2.00 bits per heavy atom. The first-order valence-corrected chi connectivity index (χ1v) is 4.94. The van der Waals surface area contributed by atoms with E-state index in [9.17, 15) is 4.79 Å². The van der Waals surface area contributed by atoms with Crippen LogP contribution in [-0.4, -0.2) is 48.7 Å². The van der Waals surface area contributed by atoms with Gasteiger partial charge in [-0.05, 0) is 25.9 Å². The number of carbonyl (C=O) groups is 1. The quantitative estimate of drug-likeness (QED) is 0.580. The normalized spacial score (nSPS) is 17.8. The molecule has 13 heavy (non-hydrogen) atoms. The Balaban J connectivity index is 1.86. The summed E-state index contributed by atoms with van der Waals surface area (Å²) >= 11 is 0. The summed E-state index contributed by atoms with van der Waals surface area (Å²) in [4.78, 5) is 12.6. The third-order valence-corrected chi connectivity index (χ3v) is 2.32. The van der Waals surface area contributed by atoms with Gasteiger partial charge in [0.1, 0.15) is 0 Å². The summed E-state index contributed by atoms with van der Waals surface area (Å²) in [6.45, 7) is 4.97. The van der Waals surface area contributed by atoms with Crippen molar-refractivity contribution < 1.29 is 9.90 Å². The highest BCUT2D eigenvalue weighted by Gasteiger charge is 2.09. The molecule has 1 aliphatic rings. The molecule has 0 aromatic carbocycles. The predicted molar refractivity (Wildman–Crippen MR) is 50.8 cm³/mol. The summed E-state index contributed by atoms with van der Waals surface area (Å²) < 4.78 is 0. The van der Waals surface area contributed by atoms with E-state index in [1.165, 1.54) is 25.9 Å². The number of hydrogen-bond acceptors (Lipinski definition) is 3. The topological polar surface area (TPSA) is 52.6 Å². The molecule has 1 aliphatic heterocycles. The van der Waals surface area contributed by atoms with Crippen LogP contribution in [0.3, 0.4) is 0 Å².